The molecule has 0 fully saturated rings. The molecule has 0 saturated heterocycles. The van der Waals surface area contributed by atoms with Gasteiger partial charge in [0.05, 0.1) is 0 Å². The second-order valence-corrected chi connectivity index (χ2v) is 14.0. The molecule has 0 aliphatic heterocycles. The lowest BCUT2D eigenvalue weighted by Crippen LogP contribution is -2.00. The summed E-state index contributed by atoms with van der Waals surface area (Å²) in [6, 6.07) is 70.7. The van der Waals surface area contributed by atoms with E-state index >= 15 is 0 Å². The van der Waals surface area contributed by atoms with Gasteiger partial charge in [-0.05, 0) is 85.3 Å². The first-order valence-electron chi connectivity index (χ1n) is 18.7. The first-order valence-corrected chi connectivity index (χ1v) is 18.7. The summed E-state index contributed by atoms with van der Waals surface area (Å²) in [7, 11) is 0. The van der Waals surface area contributed by atoms with E-state index in [0.29, 0.717) is 17.5 Å². The Kier molecular flexibility index (Phi) is 9.18. The highest BCUT2D eigenvalue weighted by Crippen LogP contribution is 2.45. The molecular formula is C53H39N3. The van der Waals surface area contributed by atoms with E-state index in [4.69, 9.17) is 15.0 Å². The van der Waals surface area contributed by atoms with Crippen LogP contribution in [0.25, 0.3) is 89.8 Å². The van der Waals surface area contributed by atoms with E-state index in [-0.39, 0.29) is 7.43 Å². The molecule has 0 atom stereocenters. The number of hydrogen-bond donors (Lipinski definition) is 0. The number of aromatic nitrogens is 3. The molecule has 0 spiro atoms. The molecule has 0 unspecified atom stereocenters. The number of hydrogen-bond acceptors (Lipinski definition) is 3. The van der Waals surface area contributed by atoms with Crippen molar-refractivity contribution in [1.29, 1.82) is 0 Å². The van der Waals surface area contributed by atoms with Crippen molar-refractivity contribution >= 4 is 0 Å². The Morgan fingerprint density at radius 3 is 1.16 bits per heavy atom. The lowest BCUT2D eigenvalue weighted by atomic mass is 9.93. The van der Waals surface area contributed by atoms with Crippen molar-refractivity contribution < 1.29 is 0 Å². The molecule has 1 aromatic heterocycles. The maximum Gasteiger partial charge on any atom is 0.164 e. The van der Waals surface area contributed by atoms with Gasteiger partial charge in [0, 0.05) is 16.7 Å². The van der Waals surface area contributed by atoms with Gasteiger partial charge < -0.3 is 0 Å². The molecule has 56 heavy (non-hydrogen) atoms. The van der Waals surface area contributed by atoms with Gasteiger partial charge in [-0.25, -0.2) is 15.0 Å². The van der Waals surface area contributed by atoms with Crippen LogP contribution in [-0.4, -0.2) is 15.0 Å². The monoisotopic (exact) mass is 717 g/mol. The van der Waals surface area contributed by atoms with Crippen LogP contribution in [0.1, 0.15) is 18.6 Å². The van der Waals surface area contributed by atoms with Crippen molar-refractivity contribution in [3.8, 4) is 89.8 Å². The largest absolute Gasteiger partial charge is 0.208 e. The Balaban J connectivity index is 0.00000410. The van der Waals surface area contributed by atoms with Crippen LogP contribution in [-0.2, 0) is 6.42 Å². The third kappa shape index (κ3) is 6.50. The van der Waals surface area contributed by atoms with Crippen LogP contribution in [0.4, 0.5) is 0 Å². The highest BCUT2D eigenvalue weighted by Gasteiger charge is 2.24. The van der Waals surface area contributed by atoms with E-state index in [0.717, 1.165) is 39.8 Å². The lowest BCUT2D eigenvalue weighted by molar-refractivity contribution is 1.07. The quantitative estimate of drug-likeness (QED) is 0.165. The van der Waals surface area contributed by atoms with Gasteiger partial charge in [-0.3, -0.25) is 0 Å². The molecule has 8 aromatic carbocycles. The fraction of sp³-hybridized carbons (Fsp3) is 0.0377. The summed E-state index contributed by atoms with van der Waals surface area (Å²) in [5.41, 5.74) is 17.9. The molecule has 1 heterocycles. The summed E-state index contributed by atoms with van der Waals surface area (Å²) in [6.07, 6.45) is 0.909. The Labute approximate surface area is 328 Å². The maximum absolute atomic E-state index is 5.07. The zero-order chi connectivity index (χ0) is 36.6. The minimum Gasteiger partial charge on any atom is -0.208 e. The fourth-order valence-corrected chi connectivity index (χ4v) is 7.89. The molecule has 3 nitrogen and oxygen atoms in total. The summed E-state index contributed by atoms with van der Waals surface area (Å²) in [5, 5.41) is 0. The Bertz CT molecular complexity index is 2810. The topological polar surface area (TPSA) is 38.7 Å². The van der Waals surface area contributed by atoms with Gasteiger partial charge in [-0.2, -0.15) is 0 Å². The van der Waals surface area contributed by atoms with Gasteiger partial charge in [-0.1, -0.05) is 195 Å². The highest BCUT2D eigenvalue weighted by molar-refractivity contribution is 5.90. The first-order chi connectivity index (χ1) is 27.2. The Morgan fingerprint density at radius 1 is 0.250 bits per heavy atom. The standard InChI is InChI=1S/C52H35N3.CH4/c1-4-14-35(15-5-1)36-28-30-39(31-29-36)51-53-50(38-18-8-3-9-19-38)54-52(55-51)43-23-11-21-41(33-43)40-20-10-22-42(32-40)45-25-13-27-47-46-26-12-24-44(48(46)34-49(45)47)37-16-6-2-7-17-37;/h1-33H,34H2;1H4. The summed E-state index contributed by atoms with van der Waals surface area (Å²) in [5.74, 6) is 1.93. The summed E-state index contributed by atoms with van der Waals surface area (Å²) < 4.78 is 0. The lowest BCUT2D eigenvalue weighted by Gasteiger charge is -2.12. The summed E-state index contributed by atoms with van der Waals surface area (Å²) in [4.78, 5) is 15.1. The van der Waals surface area contributed by atoms with E-state index in [9.17, 15) is 0 Å². The van der Waals surface area contributed by atoms with Gasteiger partial charge in [-0.15, -0.1) is 0 Å². The van der Waals surface area contributed by atoms with Crippen molar-refractivity contribution in [1.82, 2.24) is 15.0 Å². The molecule has 0 radical (unpaired) electrons. The van der Waals surface area contributed by atoms with E-state index in [1.165, 1.54) is 50.1 Å². The third-order valence-electron chi connectivity index (χ3n) is 10.6. The number of nitrogens with zero attached hydrogens (tertiary/aromatic N) is 3. The van der Waals surface area contributed by atoms with Gasteiger partial charge >= 0.3 is 0 Å². The van der Waals surface area contributed by atoms with Crippen LogP contribution >= 0.6 is 0 Å². The molecule has 0 amide bonds. The molecule has 0 N–H and O–H groups in total. The fourth-order valence-electron chi connectivity index (χ4n) is 7.89. The smallest absolute Gasteiger partial charge is 0.164 e. The molecular weight excluding hydrogens is 679 g/mol. The minimum atomic E-state index is 0. The predicted molar refractivity (Wildman–Crippen MR) is 233 cm³/mol. The van der Waals surface area contributed by atoms with Gasteiger partial charge in [0.2, 0.25) is 0 Å². The van der Waals surface area contributed by atoms with E-state index in [2.05, 4.69) is 164 Å². The van der Waals surface area contributed by atoms with E-state index in [1.807, 2.05) is 36.4 Å². The van der Waals surface area contributed by atoms with Gasteiger partial charge in [0.15, 0.2) is 17.5 Å². The van der Waals surface area contributed by atoms with Crippen molar-refractivity contribution in [2.75, 3.05) is 0 Å². The van der Waals surface area contributed by atoms with E-state index in [1.54, 1.807) is 0 Å². The van der Waals surface area contributed by atoms with Crippen LogP contribution in [0.3, 0.4) is 0 Å². The van der Waals surface area contributed by atoms with Crippen molar-refractivity contribution in [3.05, 3.63) is 211 Å². The number of fused-ring (bicyclic) bond motifs is 3. The first kappa shape index (κ1) is 34.5. The number of benzene rings is 8. The van der Waals surface area contributed by atoms with Crippen LogP contribution in [0.15, 0.2) is 200 Å². The van der Waals surface area contributed by atoms with Crippen molar-refractivity contribution in [3.63, 3.8) is 0 Å². The Hall–Kier alpha value is -7.23. The summed E-state index contributed by atoms with van der Waals surface area (Å²) >= 11 is 0. The molecule has 1 aliphatic carbocycles. The molecule has 9 aromatic rings. The summed E-state index contributed by atoms with van der Waals surface area (Å²) in [6.45, 7) is 0. The zero-order valence-electron chi connectivity index (χ0n) is 30.1. The van der Waals surface area contributed by atoms with Crippen LogP contribution < -0.4 is 0 Å². The Morgan fingerprint density at radius 2 is 0.589 bits per heavy atom. The van der Waals surface area contributed by atoms with Crippen LogP contribution in [0, 0.1) is 0 Å². The second kappa shape index (κ2) is 14.9. The molecule has 10 rings (SSSR count). The molecule has 0 bridgehead atoms. The predicted octanol–water partition coefficient (Wildman–Crippen LogP) is 13.7. The maximum atomic E-state index is 5.07. The van der Waals surface area contributed by atoms with Crippen molar-refractivity contribution in [2.24, 2.45) is 0 Å². The third-order valence-corrected chi connectivity index (χ3v) is 10.6. The molecule has 1 aliphatic rings. The van der Waals surface area contributed by atoms with Gasteiger partial charge in [0.1, 0.15) is 0 Å². The number of rotatable bonds is 7. The average molecular weight is 718 g/mol. The molecule has 0 saturated carbocycles. The van der Waals surface area contributed by atoms with Crippen LogP contribution in [0.2, 0.25) is 0 Å². The molecule has 266 valence electrons. The zero-order valence-corrected chi connectivity index (χ0v) is 30.1. The second-order valence-electron chi connectivity index (χ2n) is 14.0. The van der Waals surface area contributed by atoms with Crippen LogP contribution in [0.5, 0.6) is 0 Å². The normalized spacial score (nSPS) is 11.4. The SMILES string of the molecule is C.c1ccc(-c2ccc(-c3nc(-c4ccccc4)nc(-c4cccc(-c5cccc(-c6cccc7c6Cc6c(-c8ccccc8)cccc6-7)c5)c4)n3)cc2)cc1. The minimum absolute atomic E-state index is 0. The average Bonchev–Trinajstić information content (AvgIpc) is 3.67. The van der Waals surface area contributed by atoms with E-state index < -0.39 is 0 Å². The highest BCUT2D eigenvalue weighted by atomic mass is 15.0. The van der Waals surface area contributed by atoms with Crippen molar-refractivity contribution in [2.45, 2.75) is 13.8 Å². The molecule has 3 heteroatoms. The van der Waals surface area contributed by atoms with Gasteiger partial charge in [0.25, 0.3) is 0 Å².